The van der Waals surface area contributed by atoms with Crippen molar-refractivity contribution in [1.82, 2.24) is 5.32 Å². The molecule has 58 valence electrons. The van der Waals surface area contributed by atoms with E-state index in [-0.39, 0.29) is 0 Å². The molecule has 3 atom stereocenters. The second-order valence-corrected chi connectivity index (χ2v) is 4.92. The molecule has 1 N–H and O–H groups in total. The van der Waals surface area contributed by atoms with Crippen molar-refractivity contribution in [2.45, 2.75) is 45.7 Å². The van der Waals surface area contributed by atoms with E-state index in [2.05, 4.69) is 26.1 Å². The molecule has 2 aliphatic rings. The summed E-state index contributed by atoms with van der Waals surface area (Å²) < 4.78 is 0. The van der Waals surface area contributed by atoms with Gasteiger partial charge in [-0.25, -0.2) is 0 Å². The topological polar surface area (TPSA) is 12.0 Å². The van der Waals surface area contributed by atoms with E-state index in [4.69, 9.17) is 0 Å². The summed E-state index contributed by atoms with van der Waals surface area (Å²) in [6.07, 6.45) is 2.88. The Bertz CT molecular complexity index is 135. The highest BCUT2D eigenvalue weighted by Gasteiger charge is 2.48. The van der Waals surface area contributed by atoms with Gasteiger partial charge in [0.1, 0.15) is 0 Å². The normalized spacial score (nSPS) is 45.3. The van der Waals surface area contributed by atoms with Crippen molar-refractivity contribution in [3.8, 4) is 0 Å². The van der Waals surface area contributed by atoms with Gasteiger partial charge in [-0.05, 0) is 24.2 Å². The van der Waals surface area contributed by atoms with Crippen molar-refractivity contribution in [3.05, 3.63) is 0 Å². The molecule has 1 saturated heterocycles. The number of piperidine rings is 1. The molecular formula is C9H17N. The van der Waals surface area contributed by atoms with Gasteiger partial charge in [0, 0.05) is 12.1 Å². The van der Waals surface area contributed by atoms with Gasteiger partial charge >= 0.3 is 0 Å². The first-order valence-corrected chi connectivity index (χ1v) is 4.33. The Morgan fingerprint density at radius 1 is 1.20 bits per heavy atom. The smallest absolute Gasteiger partial charge is 0.0121 e. The van der Waals surface area contributed by atoms with Crippen LogP contribution in [0.3, 0.4) is 0 Å². The van der Waals surface area contributed by atoms with Crippen LogP contribution in [0.1, 0.15) is 33.6 Å². The third kappa shape index (κ3) is 0.968. The zero-order chi connectivity index (χ0) is 7.35. The van der Waals surface area contributed by atoms with E-state index >= 15 is 0 Å². The first-order chi connectivity index (χ1) is 4.57. The molecule has 0 aromatic carbocycles. The Hall–Kier alpha value is -0.0400. The van der Waals surface area contributed by atoms with Crippen molar-refractivity contribution in [3.63, 3.8) is 0 Å². The summed E-state index contributed by atoms with van der Waals surface area (Å²) in [5, 5.41) is 3.67. The van der Waals surface area contributed by atoms with Gasteiger partial charge in [-0.3, -0.25) is 0 Å². The molecule has 1 unspecified atom stereocenters. The Labute approximate surface area is 63.2 Å². The van der Waals surface area contributed by atoms with Gasteiger partial charge in [0.15, 0.2) is 0 Å². The summed E-state index contributed by atoms with van der Waals surface area (Å²) in [5.41, 5.74) is 0.480. The van der Waals surface area contributed by atoms with Crippen LogP contribution in [-0.4, -0.2) is 12.1 Å². The van der Waals surface area contributed by atoms with Crippen LogP contribution in [0.25, 0.3) is 0 Å². The first-order valence-electron chi connectivity index (χ1n) is 4.33. The molecule has 0 aromatic heterocycles. The molecule has 1 aliphatic heterocycles. The summed E-state index contributed by atoms with van der Waals surface area (Å²) in [4.78, 5) is 0. The van der Waals surface area contributed by atoms with Crippen molar-refractivity contribution in [1.29, 1.82) is 0 Å². The van der Waals surface area contributed by atoms with Crippen LogP contribution in [0.4, 0.5) is 0 Å². The SMILES string of the molecule is CC(C)(C)C1C[C@@H]2C[C@@H]2N1. The summed E-state index contributed by atoms with van der Waals surface area (Å²) in [5.74, 6) is 1.05. The van der Waals surface area contributed by atoms with Crippen molar-refractivity contribution < 1.29 is 0 Å². The average Bonchev–Trinajstić information content (AvgIpc) is 2.38. The predicted molar refractivity (Wildman–Crippen MR) is 42.9 cm³/mol. The number of rotatable bonds is 0. The maximum atomic E-state index is 3.67. The highest BCUT2D eigenvalue weighted by atomic mass is 15.1. The second kappa shape index (κ2) is 1.76. The minimum absolute atomic E-state index is 0.480. The van der Waals surface area contributed by atoms with Crippen molar-refractivity contribution >= 4 is 0 Å². The van der Waals surface area contributed by atoms with Gasteiger partial charge in [-0.15, -0.1) is 0 Å². The average molecular weight is 139 g/mol. The lowest BCUT2D eigenvalue weighted by Crippen LogP contribution is -2.37. The minimum Gasteiger partial charge on any atom is -0.310 e. The van der Waals surface area contributed by atoms with Gasteiger partial charge in [0.05, 0.1) is 0 Å². The zero-order valence-corrected chi connectivity index (χ0v) is 7.15. The van der Waals surface area contributed by atoms with Crippen LogP contribution in [0.5, 0.6) is 0 Å². The molecule has 1 aliphatic carbocycles. The van der Waals surface area contributed by atoms with E-state index in [1.165, 1.54) is 12.8 Å². The molecule has 10 heavy (non-hydrogen) atoms. The largest absolute Gasteiger partial charge is 0.310 e. The molecule has 2 rings (SSSR count). The molecule has 0 radical (unpaired) electrons. The van der Waals surface area contributed by atoms with Gasteiger partial charge < -0.3 is 5.32 Å². The zero-order valence-electron chi connectivity index (χ0n) is 7.15. The van der Waals surface area contributed by atoms with Gasteiger partial charge in [-0.2, -0.15) is 0 Å². The van der Waals surface area contributed by atoms with Crippen LogP contribution in [0, 0.1) is 11.3 Å². The molecular weight excluding hydrogens is 122 g/mol. The molecule has 1 nitrogen and oxygen atoms in total. The molecule has 1 heterocycles. The van der Waals surface area contributed by atoms with E-state index in [0.717, 1.165) is 18.0 Å². The Morgan fingerprint density at radius 2 is 1.90 bits per heavy atom. The van der Waals surface area contributed by atoms with Crippen LogP contribution in [-0.2, 0) is 0 Å². The molecule has 0 spiro atoms. The first kappa shape index (κ1) is 6.66. The van der Waals surface area contributed by atoms with Gasteiger partial charge in [0.25, 0.3) is 0 Å². The van der Waals surface area contributed by atoms with E-state index in [1.807, 2.05) is 0 Å². The number of nitrogens with one attached hydrogen (secondary N) is 1. The summed E-state index contributed by atoms with van der Waals surface area (Å²) >= 11 is 0. The fraction of sp³-hybridized carbons (Fsp3) is 1.00. The fourth-order valence-corrected chi connectivity index (χ4v) is 1.94. The van der Waals surface area contributed by atoms with Crippen molar-refractivity contribution in [2.24, 2.45) is 11.3 Å². The van der Waals surface area contributed by atoms with Crippen LogP contribution in [0.15, 0.2) is 0 Å². The highest BCUT2D eigenvalue weighted by molar-refractivity contribution is 5.06. The lowest BCUT2D eigenvalue weighted by molar-refractivity contribution is 0.276. The maximum Gasteiger partial charge on any atom is 0.0121 e. The maximum absolute atomic E-state index is 3.67. The van der Waals surface area contributed by atoms with E-state index in [1.54, 1.807) is 0 Å². The number of fused-ring (bicyclic) bond motifs is 1. The van der Waals surface area contributed by atoms with Crippen LogP contribution in [0.2, 0.25) is 0 Å². The molecule has 0 amide bonds. The summed E-state index contributed by atoms with van der Waals surface area (Å²) in [6, 6.07) is 1.69. The van der Waals surface area contributed by atoms with Crippen LogP contribution >= 0.6 is 0 Å². The second-order valence-electron chi connectivity index (χ2n) is 4.92. The fourth-order valence-electron chi connectivity index (χ4n) is 1.94. The van der Waals surface area contributed by atoms with Crippen LogP contribution < -0.4 is 5.32 Å². The number of hydrogen-bond donors (Lipinski definition) is 1. The third-order valence-corrected chi connectivity index (χ3v) is 2.92. The molecule has 0 bridgehead atoms. The monoisotopic (exact) mass is 139 g/mol. The lowest BCUT2D eigenvalue weighted by Gasteiger charge is -2.28. The Kier molecular flexibility index (Phi) is 1.17. The summed E-state index contributed by atoms with van der Waals surface area (Å²) in [7, 11) is 0. The highest BCUT2D eigenvalue weighted by Crippen LogP contribution is 2.44. The summed E-state index contributed by atoms with van der Waals surface area (Å²) in [6.45, 7) is 6.99. The van der Waals surface area contributed by atoms with Crippen molar-refractivity contribution in [2.75, 3.05) is 0 Å². The van der Waals surface area contributed by atoms with E-state index < -0.39 is 0 Å². The molecule has 0 aromatic rings. The Balaban J connectivity index is 1.97. The molecule has 2 fully saturated rings. The van der Waals surface area contributed by atoms with Gasteiger partial charge in [-0.1, -0.05) is 20.8 Å². The van der Waals surface area contributed by atoms with E-state index in [0.29, 0.717) is 5.41 Å². The lowest BCUT2D eigenvalue weighted by atomic mass is 9.85. The Morgan fingerprint density at radius 3 is 2.20 bits per heavy atom. The van der Waals surface area contributed by atoms with Gasteiger partial charge in [0.2, 0.25) is 0 Å². The molecule has 1 saturated carbocycles. The molecule has 1 heteroatoms. The quantitative estimate of drug-likeness (QED) is 0.539. The van der Waals surface area contributed by atoms with E-state index in [9.17, 15) is 0 Å². The predicted octanol–water partition coefficient (Wildman–Crippen LogP) is 1.78. The number of hydrogen-bond acceptors (Lipinski definition) is 1. The standard InChI is InChI=1S/C9H17N/c1-9(2,3)8-5-6-4-7(6)10-8/h6-8,10H,4-5H2,1-3H3/t6-,7-,8?/m0/s1. The minimum atomic E-state index is 0.480. The third-order valence-electron chi connectivity index (χ3n) is 2.92.